The Hall–Kier alpha value is -0.380. The van der Waals surface area contributed by atoms with Crippen LogP contribution >= 0.6 is 11.3 Å². The lowest BCUT2D eigenvalue weighted by molar-refractivity contribution is 0.206. The molecule has 0 aromatic carbocycles. The fourth-order valence-corrected chi connectivity index (χ4v) is 4.23. The van der Waals surface area contributed by atoms with Gasteiger partial charge in [-0.05, 0) is 63.2 Å². The highest BCUT2D eigenvalue weighted by Gasteiger charge is 2.25. The van der Waals surface area contributed by atoms with Crippen LogP contribution in [-0.2, 0) is 0 Å². The van der Waals surface area contributed by atoms with Crippen molar-refractivity contribution in [3.63, 3.8) is 0 Å². The molecule has 3 heteroatoms. The molecule has 0 radical (unpaired) electrons. The van der Waals surface area contributed by atoms with Gasteiger partial charge in [0, 0.05) is 16.3 Å². The van der Waals surface area contributed by atoms with Crippen molar-refractivity contribution < 1.29 is 0 Å². The highest BCUT2D eigenvalue weighted by molar-refractivity contribution is 7.12. The Bertz CT molecular complexity index is 386. The topological polar surface area (TPSA) is 29.3 Å². The van der Waals surface area contributed by atoms with E-state index in [0.29, 0.717) is 6.04 Å². The molecule has 108 valence electrons. The van der Waals surface area contributed by atoms with Crippen LogP contribution in [0.3, 0.4) is 0 Å². The van der Waals surface area contributed by atoms with E-state index in [1.807, 2.05) is 11.3 Å². The summed E-state index contributed by atoms with van der Waals surface area (Å²) >= 11 is 1.91. The standard InChI is InChI=1S/C16H28N2S/c1-12(2)14-5-4-9-18(10-8-14)15(11-17)16-7-6-13(3)19-16/h6-7,12,14-15H,4-5,8-11,17H2,1-3H3. The highest BCUT2D eigenvalue weighted by Crippen LogP contribution is 2.31. The summed E-state index contributed by atoms with van der Waals surface area (Å²) < 4.78 is 0. The van der Waals surface area contributed by atoms with Crippen LogP contribution in [0.2, 0.25) is 0 Å². The van der Waals surface area contributed by atoms with Crippen LogP contribution < -0.4 is 5.73 Å². The maximum Gasteiger partial charge on any atom is 0.0564 e. The number of nitrogens with two attached hydrogens (primary N) is 1. The summed E-state index contributed by atoms with van der Waals surface area (Å²) in [6.07, 6.45) is 4.04. The van der Waals surface area contributed by atoms with Crippen molar-refractivity contribution in [1.82, 2.24) is 4.90 Å². The van der Waals surface area contributed by atoms with E-state index in [9.17, 15) is 0 Å². The zero-order valence-corrected chi connectivity index (χ0v) is 13.4. The van der Waals surface area contributed by atoms with E-state index in [0.717, 1.165) is 18.4 Å². The Labute approximate surface area is 122 Å². The van der Waals surface area contributed by atoms with Gasteiger partial charge in [0.05, 0.1) is 6.04 Å². The van der Waals surface area contributed by atoms with Gasteiger partial charge in [0.1, 0.15) is 0 Å². The van der Waals surface area contributed by atoms with Gasteiger partial charge in [-0.25, -0.2) is 0 Å². The fraction of sp³-hybridized carbons (Fsp3) is 0.750. The monoisotopic (exact) mass is 280 g/mol. The number of rotatable bonds is 4. The van der Waals surface area contributed by atoms with Gasteiger partial charge in [-0.3, -0.25) is 4.90 Å². The van der Waals surface area contributed by atoms with Crippen LogP contribution in [-0.4, -0.2) is 24.5 Å². The molecule has 1 saturated heterocycles. The Balaban J connectivity index is 2.03. The lowest BCUT2D eigenvalue weighted by atomic mass is 9.89. The van der Waals surface area contributed by atoms with Crippen molar-refractivity contribution in [2.45, 2.75) is 46.1 Å². The summed E-state index contributed by atoms with van der Waals surface area (Å²) in [4.78, 5) is 5.46. The second kappa shape index (κ2) is 6.87. The van der Waals surface area contributed by atoms with Gasteiger partial charge in [0.25, 0.3) is 0 Å². The van der Waals surface area contributed by atoms with Crippen LogP contribution in [0.15, 0.2) is 12.1 Å². The average Bonchev–Trinajstić information content (AvgIpc) is 2.65. The quantitative estimate of drug-likeness (QED) is 0.908. The fourth-order valence-electron chi connectivity index (χ4n) is 3.20. The van der Waals surface area contributed by atoms with Gasteiger partial charge in [-0.15, -0.1) is 11.3 Å². The summed E-state index contributed by atoms with van der Waals surface area (Å²) in [5.41, 5.74) is 6.06. The minimum Gasteiger partial charge on any atom is -0.329 e. The van der Waals surface area contributed by atoms with Crippen molar-refractivity contribution in [3.8, 4) is 0 Å². The highest BCUT2D eigenvalue weighted by atomic mass is 32.1. The molecule has 0 aliphatic carbocycles. The molecule has 1 aromatic heterocycles. The van der Waals surface area contributed by atoms with Gasteiger partial charge in [-0.1, -0.05) is 13.8 Å². The minimum absolute atomic E-state index is 0.435. The van der Waals surface area contributed by atoms with Crippen molar-refractivity contribution in [3.05, 3.63) is 21.9 Å². The van der Waals surface area contributed by atoms with E-state index in [1.54, 1.807) is 0 Å². The molecule has 1 fully saturated rings. The molecule has 1 aliphatic rings. The van der Waals surface area contributed by atoms with Gasteiger partial charge in [0.2, 0.25) is 0 Å². The summed E-state index contributed by atoms with van der Waals surface area (Å²) in [6, 6.07) is 4.92. The number of thiophene rings is 1. The molecule has 1 aromatic rings. The predicted molar refractivity (Wildman–Crippen MR) is 84.6 cm³/mol. The summed E-state index contributed by atoms with van der Waals surface area (Å²) in [5, 5.41) is 0. The second-order valence-corrected chi connectivity index (χ2v) is 7.49. The summed E-state index contributed by atoms with van der Waals surface area (Å²) in [7, 11) is 0. The Kier molecular flexibility index (Phi) is 5.43. The number of nitrogens with zero attached hydrogens (tertiary/aromatic N) is 1. The molecule has 2 nitrogen and oxygen atoms in total. The van der Waals surface area contributed by atoms with E-state index < -0.39 is 0 Å². The van der Waals surface area contributed by atoms with Gasteiger partial charge in [-0.2, -0.15) is 0 Å². The molecule has 2 atom stereocenters. The van der Waals surface area contributed by atoms with Gasteiger partial charge < -0.3 is 5.73 Å². The molecular weight excluding hydrogens is 252 g/mol. The molecule has 0 bridgehead atoms. The van der Waals surface area contributed by atoms with E-state index in [2.05, 4.69) is 37.8 Å². The first-order valence-corrected chi connectivity index (χ1v) is 8.44. The average molecular weight is 280 g/mol. The van der Waals surface area contributed by atoms with Gasteiger partial charge in [0.15, 0.2) is 0 Å². The second-order valence-electron chi connectivity index (χ2n) is 6.17. The van der Waals surface area contributed by atoms with E-state index in [-0.39, 0.29) is 0 Å². The van der Waals surface area contributed by atoms with Crippen LogP contribution in [0.4, 0.5) is 0 Å². The lowest BCUT2D eigenvalue weighted by Gasteiger charge is -2.29. The largest absolute Gasteiger partial charge is 0.329 e. The molecule has 1 aliphatic heterocycles. The predicted octanol–water partition coefficient (Wildman–Crippen LogP) is 3.81. The van der Waals surface area contributed by atoms with Crippen LogP contribution in [0.1, 0.15) is 48.9 Å². The van der Waals surface area contributed by atoms with Crippen LogP contribution in [0.25, 0.3) is 0 Å². The zero-order chi connectivity index (χ0) is 13.8. The third-order valence-corrected chi connectivity index (χ3v) is 5.61. The Morgan fingerprint density at radius 1 is 1.32 bits per heavy atom. The third kappa shape index (κ3) is 3.80. The minimum atomic E-state index is 0.435. The lowest BCUT2D eigenvalue weighted by Crippen LogP contribution is -2.34. The first-order valence-electron chi connectivity index (χ1n) is 7.62. The molecule has 2 rings (SSSR count). The molecule has 0 spiro atoms. The molecule has 0 saturated carbocycles. The van der Waals surface area contributed by atoms with E-state index in [4.69, 9.17) is 5.73 Å². The maximum absolute atomic E-state index is 6.06. The van der Waals surface area contributed by atoms with Crippen molar-refractivity contribution >= 4 is 11.3 Å². The SMILES string of the molecule is Cc1ccc(C(CN)N2CCCC(C(C)C)CC2)s1. The first-order chi connectivity index (χ1) is 9.11. The van der Waals surface area contributed by atoms with Crippen LogP contribution in [0.5, 0.6) is 0 Å². The summed E-state index contributed by atoms with van der Waals surface area (Å²) in [6.45, 7) is 10.1. The van der Waals surface area contributed by atoms with E-state index in [1.165, 1.54) is 42.1 Å². The Morgan fingerprint density at radius 3 is 2.68 bits per heavy atom. The van der Waals surface area contributed by atoms with E-state index >= 15 is 0 Å². The third-order valence-electron chi connectivity index (χ3n) is 4.50. The normalized spacial score (nSPS) is 23.5. The number of hydrogen-bond donors (Lipinski definition) is 1. The molecule has 2 heterocycles. The molecule has 2 unspecified atom stereocenters. The van der Waals surface area contributed by atoms with Gasteiger partial charge >= 0.3 is 0 Å². The van der Waals surface area contributed by atoms with Crippen molar-refractivity contribution in [1.29, 1.82) is 0 Å². The number of aryl methyl sites for hydroxylation is 1. The molecule has 19 heavy (non-hydrogen) atoms. The zero-order valence-electron chi connectivity index (χ0n) is 12.6. The smallest absolute Gasteiger partial charge is 0.0564 e. The molecule has 0 amide bonds. The maximum atomic E-state index is 6.06. The molecular formula is C16H28N2S. The van der Waals surface area contributed by atoms with Crippen molar-refractivity contribution in [2.24, 2.45) is 17.6 Å². The number of hydrogen-bond acceptors (Lipinski definition) is 3. The number of likely N-dealkylation sites (tertiary alicyclic amines) is 1. The van der Waals surface area contributed by atoms with Crippen LogP contribution in [0, 0.1) is 18.8 Å². The summed E-state index contributed by atoms with van der Waals surface area (Å²) in [5.74, 6) is 1.72. The molecule has 2 N–H and O–H groups in total. The van der Waals surface area contributed by atoms with Crippen molar-refractivity contribution in [2.75, 3.05) is 19.6 Å². The Morgan fingerprint density at radius 2 is 2.11 bits per heavy atom. The first kappa shape index (κ1) is 15.0.